The molecular weight excluding hydrogens is 252 g/mol. The van der Waals surface area contributed by atoms with Crippen molar-refractivity contribution in [2.75, 3.05) is 11.9 Å². The van der Waals surface area contributed by atoms with Gasteiger partial charge in [0.25, 0.3) is 0 Å². The van der Waals surface area contributed by atoms with Gasteiger partial charge in [-0.15, -0.1) is 0 Å². The molecule has 0 aliphatic rings. The lowest BCUT2D eigenvalue weighted by Gasteiger charge is -2.26. The first-order valence-electron chi connectivity index (χ1n) is 6.44. The molecule has 0 spiro atoms. The van der Waals surface area contributed by atoms with E-state index in [0.717, 1.165) is 22.4 Å². The fourth-order valence-electron chi connectivity index (χ4n) is 2.26. The first kappa shape index (κ1) is 12.5. The maximum atomic E-state index is 4.41. The first-order valence-corrected chi connectivity index (χ1v) is 6.44. The summed E-state index contributed by atoms with van der Waals surface area (Å²) in [7, 11) is 3.90. The second-order valence-corrected chi connectivity index (χ2v) is 4.78. The zero-order valence-corrected chi connectivity index (χ0v) is 11.7. The highest BCUT2D eigenvalue weighted by atomic mass is 15.3. The zero-order valence-electron chi connectivity index (χ0n) is 11.7. The Bertz CT molecular complexity index is 721. The van der Waals surface area contributed by atoms with Gasteiger partial charge in [-0.3, -0.25) is 9.67 Å². The minimum atomic E-state index is 0.169. The molecule has 1 atom stereocenters. The van der Waals surface area contributed by atoms with Crippen molar-refractivity contribution in [2.45, 2.75) is 13.0 Å². The Morgan fingerprint density at radius 2 is 2.10 bits per heavy atom. The van der Waals surface area contributed by atoms with Crippen LogP contribution in [0.15, 0.2) is 37.1 Å². The van der Waals surface area contributed by atoms with E-state index in [-0.39, 0.29) is 6.04 Å². The Hall–Kier alpha value is -2.50. The normalized spacial score (nSPS) is 12.6. The maximum absolute atomic E-state index is 4.41. The third-order valence-corrected chi connectivity index (χ3v) is 3.59. The third-order valence-electron chi connectivity index (χ3n) is 3.59. The zero-order chi connectivity index (χ0) is 14.1. The topological polar surface area (TPSA) is 59.7 Å². The summed E-state index contributed by atoms with van der Waals surface area (Å²) in [6.07, 6.45) is 7.03. The first-order chi connectivity index (χ1) is 9.68. The van der Waals surface area contributed by atoms with Gasteiger partial charge < -0.3 is 4.90 Å². The van der Waals surface area contributed by atoms with Gasteiger partial charge in [0.1, 0.15) is 12.1 Å². The van der Waals surface area contributed by atoms with Crippen molar-refractivity contribution in [3.05, 3.63) is 42.6 Å². The predicted molar refractivity (Wildman–Crippen MR) is 77.4 cm³/mol. The summed E-state index contributed by atoms with van der Waals surface area (Å²) in [5.74, 6) is 0.874. The van der Waals surface area contributed by atoms with E-state index in [2.05, 4.69) is 37.9 Å². The van der Waals surface area contributed by atoms with E-state index in [0.29, 0.717) is 0 Å². The molecule has 20 heavy (non-hydrogen) atoms. The summed E-state index contributed by atoms with van der Waals surface area (Å²) < 4.78 is 1.75. The van der Waals surface area contributed by atoms with E-state index < -0.39 is 0 Å². The van der Waals surface area contributed by atoms with Crippen LogP contribution in [0.5, 0.6) is 0 Å². The van der Waals surface area contributed by atoms with Crippen LogP contribution in [0.25, 0.3) is 11.0 Å². The molecule has 0 amide bonds. The average molecular weight is 268 g/mol. The minimum absolute atomic E-state index is 0.169. The van der Waals surface area contributed by atoms with Gasteiger partial charge in [-0.2, -0.15) is 5.10 Å². The number of nitrogens with zero attached hydrogens (tertiary/aromatic N) is 6. The second kappa shape index (κ2) is 4.88. The van der Waals surface area contributed by atoms with Crippen LogP contribution in [0.4, 0.5) is 5.82 Å². The van der Waals surface area contributed by atoms with E-state index >= 15 is 0 Å². The van der Waals surface area contributed by atoms with Gasteiger partial charge in [0.05, 0.1) is 17.6 Å². The molecule has 0 radical (unpaired) electrons. The van der Waals surface area contributed by atoms with Gasteiger partial charge in [-0.05, 0) is 18.6 Å². The second-order valence-electron chi connectivity index (χ2n) is 4.78. The van der Waals surface area contributed by atoms with Gasteiger partial charge in [0, 0.05) is 26.5 Å². The molecule has 3 aromatic rings. The molecule has 0 aliphatic carbocycles. The lowest BCUT2D eigenvalue weighted by Crippen LogP contribution is -2.23. The number of rotatable bonds is 3. The van der Waals surface area contributed by atoms with E-state index in [4.69, 9.17) is 0 Å². The van der Waals surface area contributed by atoms with Crippen molar-refractivity contribution in [1.29, 1.82) is 0 Å². The van der Waals surface area contributed by atoms with Gasteiger partial charge in [0.2, 0.25) is 0 Å². The standard InChI is InChI=1S/C14H16N6/c1-10(11-5-4-6-15-7-11)19(2)13-12-8-18-20(3)14(12)17-9-16-13/h4-10H,1-3H3. The molecule has 3 heterocycles. The van der Waals surface area contributed by atoms with Crippen LogP contribution in [0, 0.1) is 0 Å². The third kappa shape index (κ3) is 1.99. The molecule has 3 aromatic heterocycles. The number of fused-ring (bicyclic) bond motifs is 1. The van der Waals surface area contributed by atoms with Crippen LogP contribution in [-0.2, 0) is 7.05 Å². The molecule has 6 nitrogen and oxygen atoms in total. The Balaban J connectivity index is 2.02. The number of anilines is 1. The fourth-order valence-corrected chi connectivity index (χ4v) is 2.26. The lowest BCUT2D eigenvalue weighted by atomic mass is 10.1. The van der Waals surface area contributed by atoms with Crippen molar-refractivity contribution >= 4 is 16.9 Å². The molecule has 1 unspecified atom stereocenters. The van der Waals surface area contributed by atoms with E-state index in [1.807, 2.05) is 26.4 Å². The van der Waals surface area contributed by atoms with E-state index in [1.165, 1.54) is 0 Å². The Kier molecular flexibility index (Phi) is 3.06. The Morgan fingerprint density at radius 3 is 2.85 bits per heavy atom. The number of hydrogen-bond acceptors (Lipinski definition) is 5. The summed E-state index contributed by atoms with van der Waals surface area (Å²) in [5.41, 5.74) is 1.98. The SMILES string of the molecule is CC(c1cccnc1)N(C)c1ncnc2c1cnn2C. The maximum Gasteiger partial charge on any atom is 0.163 e. The Labute approximate surface area is 117 Å². The van der Waals surface area contributed by atoms with Crippen molar-refractivity contribution in [3.63, 3.8) is 0 Å². The van der Waals surface area contributed by atoms with Crippen molar-refractivity contribution in [2.24, 2.45) is 7.05 Å². The molecule has 6 heteroatoms. The molecule has 3 rings (SSSR count). The van der Waals surface area contributed by atoms with Crippen LogP contribution in [-0.4, -0.2) is 31.8 Å². The number of hydrogen-bond donors (Lipinski definition) is 0. The van der Waals surface area contributed by atoms with Crippen LogP contribution in [0.1, 0.15) is 18.5 Å². The molecule has 0 N–H and O–H groups in total. The van der Waals surface area contributed by atoms with Crippen molar-refractivity contribution in [1.82, 2.24) is 24.7 Å². The van der Waals surface area contributed by atoms with Crippen LogP contribution in [0.3, 0.4) is 0 Å². The molecule has 102 valence electrons. The molecule has 0 saturated heterocycles. The Morgan fingerprint density at radius 1 is 1.25 bits per heavy atom. The quantitative estimate of drug-likeness (QED) is 0.726. The number of aryl methyl sites for hydroxylation is 1. The summed E-state index contributed by atoms with van der Waals surface area (Å²) in [6, 6.07) is 4.18. The van der Waals surface area contributed by atoms with E-state index in [1.54, 1.807) is 23.4 Å². The van der Waals surface area contributed by atoms with Crippen LogP contribution < -0.4 is 4.90 Å². The highest BCUT2D eigenvalue weighted by molar-refractivity contribution is 5.86. The lowest BCUT2D eigenvalue weighted by molar-refractivity contribution is 0.726. The molecule has 0 bridgehead atoms. The van der Waals surface area contributed by atoms with E-state index in [9.17, 15) is 0 Å². The van der Waals surface area contributed by atoms with Gasteiger partial charge >= 0.3 is 0 Å². The fraction of sp³-hybridized carbons (Fsp3) is 0.286. The number of pyridine rings is 1. The molecule has 0 fully saturated rings. The molecule has 0 aliphatic heterocycles. The summed E-state index contributed by atoms with van der Waals surface area (Å²) in [6.45, 7) is 2.13. The van der Waals surface area contributed by atoms with Gasteiger partial charge in [-0.25, -0.2) is 9.97 Å². The minimum Gasteiger partial charge on any atom is -0.352 e. The number of aromatic nitrogens is 5. The van der Waals surface area contributed by atoms with Crippen molar-refractivity contribution in [3.8, 4) is 0 Å². The summed E-state index contributed by atoms with van der Waals surface area (Å²) in [4.78, 5) is 15.0. The smallest absolute Gasteiger partial charge is 0.163 e. The van der Waals surface area contributed by atoms with Crippen molar-refractivity contribution < 1.29 is 0 Å². The molecular formula is C14H16N6. The van der Waals surface area contributed by atoms with Crippen LogP contribution in [0.2, 0.25) is 0 Å². The largest absolute Gasteiger partial charge is 0.352 e. The highest BCUT2D eigenvalue weighted by Crippen LogP contribution is 2.28. The molecule has 0 aromatic carbocycles. The monoisotopic (exact) mass is 268 g/mol. The highest BCUT2D eigenvalue weighted by Gasteiger charge is 2.17. The summed E-state index contributed by atoms with van der Waals surface area (Å²) in [5, 5.41) is 5.20. The average Bonchev–Trinajstić information content (AvgIpc) is 2.88. The predicted octanol–water partition coefficient (Wildman–Crippen LogP) is 1.96. The van der Waals surface area contributed by atoms with Crippen LogP contribution >= 0.6 is 0 Å². The molecule has 0 saturated carbocycles. The summed E-state index contributed by atoms with van der Waals surface area (Å²) >= 11 is 0. The van der Waals surface area contributed by atoms with Gasteiger partial charge in [-0.1, -0.05) is 6.07 Å². The van der Waals surface area contributed by atoms with Gasteiger partial charge in [0.15, 0.2) is 5.65 Å².